The second-order valence-corrected chi connectivity index (χ2v) is 14.3. The predicted molar refractivity (Wildman–Crippen MR) is 193 cm³/mol. The van der Waals surface area contributed by atoms with Gasteiger partial charge in [0.25, 0.3) is 0 Å². The summed E-state index contributed by atoms with van der Waals surface area (Å²) in [5.74, 6) is 0.277. The number of aromatic nitrogens is 1. The van der Waals surface area contributed by atoms with Crippen molar-refractivity contribution in [1.29, 1.82) is 0 Å². The van der Waals surface area contributed by atoms with Crippen LogP contribution in [-0.2, 0) is 9.53 Å². The number of urea groups is 1. The Balaban J connectivity index is 1.08. The van der Waals surface area contributed by atoms with E-state index in [1.165, 1.54) is 30.6 Å². The van der Waals surface area contributed by atoms with Crippen molar-refractivity contribution < 1.29 is 23.5 Å². The zero-order valence-corrected chi connectivity index (χ0v) is 29.7. The molecule has 10 nitrogen and oxygen atoms in total. The van der Waals surface area contributed by atoms with Crippen molar-refractivity contribution in [2.45, 2.75) is 28.8 Å². The van der Waals surface area contributed by atoms with Gasteiger partial charge in [-0.05, 0) is 67.6 Å². The minimum absolute atomic E-state index is 0.0176. The number of rotatable bonds is 10. The van der Waals surface area contributed by atoms with Gasteiger partial charge in [-0.3, -0.25) is 14.8 Å². The van der Waals surface area contributed by atoms with E-state index in [0.29, 0.717) is 61.4 Å². The fourth-order valence-corrected chi connectivity index (χ4v) is 8.10. The lowest BCUT2D eigenvalue weighted by molar-refractivity contribution is -0.136. The summed E-state index contributed by atoms with van der Waals surface area (Å²) in [4.78, 5) is 44.3. The maximum absolute atomic E-state index is 14.0. The number of fused-ring (bicyclic) bond motifs is 1. The SMILES string of the molecule is CCOc1ccc(Sc2ccc(N3C[C@@H]4CN(CC5=C(C(=O)OC)[C@H](c6ccc(F)cc6Cl)N=C(c6nccs6)N5)CCN4C3=O)cc2)cc1. The number of carbonyl (C=O) groups excluding carboxylic acids is 2. The third-order valence-electron chi connectivity index (χ3n) is 8.76. The highest BCUT2D eigenvalue weighted by molar-refractivity contribution is 7.99. The summed E-state index contributed by atoms with van der Waals surface area (Å²) in [6.45, 7) is 5.22. The van der Waals surface area contributed by atoms with E-state index in [9.17, 15) is 14.0 Å². The monoisotopic (exact) mass is 732 g/mol. The van der Waals surface area contributed by atoms with Gasteiger partial charge in [0.1, 0.15) is 17.6 Å². The number of thiazole rings is 1. The van der Waals surface area contributed by atoms with Crippen LogP contribution in [0, 0.1) is 5.82 Å². The van der Waals surface area contributed by atoms with Gasteiger partial charge in [0.2, 0.25) is 0 Å². The normalized spacial score (nSPS) is 19.3. The number of methoxy groups -OCH3 is 1. The summed E-state index contributed by atoms with van der Waals surface area (Å²) in [6, 6.07) is 19.2. The molecule has 4 heterocycles. The molecule has 2 amide bonds. The zero-order valence-electron chi connectivity index (χ0n) is 27.3. The van der Waals surface area contributed by atoms with Crippen molar-refractivity contribution in [3.63, 3.8) is 0 Å². The molecule has 3 aliphatic heterocycles. The molecule has 7 rings (SSSR count). The number of carbonyl (C=O) groups is 2. The van der Waals surface area contributed by atoms with Gasteiger partial charge >= 0.3 is 12.0 Å². The topological polar surface area (TPSA) is 99.6 Å². The highest BCUT2D eigenvalue weighted by Gasteiger charge is 2.42. The minimum atomic E-state index is -0.842. The largest absolute Gasteiger partial charge is 0.494 e. The van der Waals surface area contributed by atoms with Crippen LogP contribution in [0.2, 0.25) is 5.02 Å². The quantitative estimate of drug-likeness (QED) is 0.182. The molecule has 2 fully saturated rings. The molecular formula is C36H34ClFN6O4S2. The molecule has 1 N–H and O–H groups in total. The third-order valence-corrected chi connectivity index (χ3v) is 10.9. The minimum Gasteiger partial charge on any atom is -0.494 e. The second kappa shape index (κ2) is 14.8. The van der Waals surface area contributed by atoms with Crippen molar-refractivity contribution in [3.8, 4) is 5.75 Å². The Kier molecular flexibility index (Phi) is 10.1. The summed E-state index contributed by atoms with van der Waals surface area (Å²) < 4.78 is 24.8. The van der Waals surface area contributed by atoms with E-state index in [2.05, 4.69) is 15.2 Å². The number of benzene rings is 3. The van der Waals surface area contributed by atoms with Crippen LogP contribution in [-0.4, -0.2) is 85.1 Å². The molecule has 3 aliphatic rings. The average Bonchev–Trinajstić information content (AvgIpc) is 3.78. The number of anilines is 1. The first-order valence-electron chi connectivity index (χ1n) is 16.1. The lowest BCUT2D eigenvalue weighted by atomic mass is 9.95. The number of nitrogens with one attached hydrogen (secondary N) is 1. The molecule has 0 spiro atoms. The molecule has 3 aromatic carbocycles. The zero-order chi connectivity index (χ0) is 34.8. The van der Waals surface area contributed by atoms with Crippen LogP contribution in [0.25, 0.3) is 0 Å². The lowest BCUT2D eigenvalue weighted by Crippen LogP contribution is -2.53. The van der Waals surface area contributed by atoms with Gasteiger partial charge in [-0.25, -0.2) is 19.0 Å². The predicted octanol–water partition coefficient (Wildman–Crippen LogP) is 6.63. The number of nitrogens with zero attached hydrogens (tertiary/aromatic N) is 5. The Bertz CT molecular complexity index is 1940. The molecule has 2 saturated heterocycles. The fourth-order valence-electron chi connectivity index (χ4n) is 6.42. The van der Waals surface area contributed by atoms with E-state index >= 15 is 0 Å². The Morgan fingerprint density at radius 2 is 1.84 bits per heavy atom. The Morgan fingerprint density at radius 3 is 2.52 bits per heavy atom. The molecular weight excluding hydrogens is 699 g/mol. The maximum atomic E-state index is 14.0. The van der Waals surface area contributed by atoms with Gasteiger partial charge in [-0.15, -0.1) is 11.3 Å². The Labute approximate surface area is 302 Å². The number of halogens is 2. The molecule has 2 atom stereocenters. The van der Waals surface area contributed by atoms with Crippen LogP contribution in [0.1, 0.15) is 23.5 Å². The molecule has 50 heavy (non-hydrogen) atoms. The summed E-state index contributed by atoms with van der Waals surface area (Å²) in [6.07, 6.45) is 1.68. The van der Waals surface area contributed by atoms with Gasteiger partial charge < -0.3 is 19.7 Å². The lowest BCUT2D eigenvalue weighted by Gasteiger charge is -2.38. The van der Waals surface area contributed by atoms with Crippen LogP contribution < -0.4 is 15.0 Å². The highest BCUT2D eigenvalue weighted by atomic mass is 35.5. The van der Waals surface area contributed by atoms with E-state index in [4.69, 9.17) is 26.1 Å². The van der Waals surface area contributed by atoms with E-state index in [1.807, 2.05) is 70.6 Å². The van der Waals surface area contributed by atoms with Crippen LogP contribution in [0.5, 0.6) is 5.75 Å². The number of hydrogen-bond acceptors (Lipinski definition) is 10. The molecule has 0 unspecified atom stereocenters. The van der Waals surface area contributed by atoms with E-state index in [1.54, 1.807) is 24.0 Å². The molecule has 0 aliphatic carbocycles. The summed E-state index contributed by atoms with van der Waals surface area (Å²) in [5.41, 5.74) is 2.21. The molecule has 0 saturated carbocycles. The molecule has 4 aromatic rings. The molecule has 0 bridgehead atoms. The summed E-state index contributed by atoms with van der Waals surface area (Å²) in [7, 11) is 1.32. The first kappa shape index (κ1) is 34.0. The molecule has 14 heteroatoms. The first-order valence-corrected chi connectivity index (χ1v) is 18.2. The molecule has 258 valence electrons. The summed E-state index contributed by atoms with van der Waals surface area (Å²) >= 11 is 9.57. The Morgan fingerprint density at radius 1 is 1.08 bits per heavy atom. The van der Waals surface area contributed by atoms with Crippen LogP contribution in [0.3, 0.4) is 0 Å². The van der Waals surface area contributed by atoms with Gasteiger partial charge in [-0.2, -0.15) is 0 Å². The maximum Gasteiger partial charge on any atom is 0.338 e. The first-order chi connectivity index (χ1) is 24.3. The second-order valence-electron chi connectivity index (χ2n) is 11.9. The van der Waals surface area contributed by atoms with E-state index < -0.39 is 17.8 Å². The number of esters is 1. The average molecular weight is 733 g/mol. The number of ether oxygens (including phenoxy) is 2. The van der Waals surface area contributed by atoms with Gasteiger partial charge in [0.05, 0.1) is 25.3 Å². The number of hydrogen-bond donors (Lipinski definition) is 1. The van der Waals surface area contributed by atoms with Gasteiger partial charge in [0.15, 0.2) is 10.8 Å². The van der Waals surface area contributed by atoms with Crippen molar-refractivity contribution in [2.75, 3.05) is 51.3 Å². The number of amides is 2. The van der Waals surface area contributed by atoms with Crippen LogP contribution >= 0.6 is 34.7 Å². The van der Waals surface area contributed by atoms with Crippen molar-refractivity contribution in [2.24, 2.45) is 4.99 Å². The van der Waals surface area contributed by atoms with Gasteiger partial charge in [0, 0.05) is 76.1 Å². The Hall–Kier alpha value is -4.43. The molecule has 1 aromatic heterocycles. The number of amidine groups is 1. The smallest absolute Gasteiger partial charge is 0.338 e. The third kappa shape index (κ3) is 7.08. The standard InChI is InChI=1S/C36H34ClFN6O4S2/c1-3-48-25-7-11-27(12-8-25)50-26-9-5-23(6-10-26)44-20-24-19-42(15-16-43(24)36(44)46)21-30-31(35(45)47-2)32(28-13-4-22(38)18-29(28)37)41-33(40-30)34-39-14-17-49-34/h4-14,17-18,24,32H,3,15-16,19-21H2,1-2H3,(H,40,41)/t24-,32-/m0/s1. The summed E-state index contributed by atoms with van der Waals surface area (Å²) in [5, 5.41) is 5.99. The fraction of sp³-hybridized carbons (Fsp3) is 0.278. The van der Waals surface area contributed by atoms with Crippen molar-refractivity contribution in [1.82, 2.24) is 20.1 Å². The van der Waals surface area contributed by atoms with Crippen LogP contribution in [0.4, 0.5) is 14.9 Å². The number of aliphatic imine (C=N–C) groups is 1. The van der Waals surface area contributed by atoms with Crippen molar-refractivity contribution in [3.05, 3.63) is 111 Å². The van der Waals surface area contributed by atoms with Crippen molar-refractivity contribution >= 4 is 58.2 Å². The molecule has 0 radical (unpaired) electrons. The van der Waals surface area contributed by atoms with E-state index in [-0.39, 0.29) is 22.7 Å². The van der Waals surface area contributed by atoms with Crippen LogP contribution in [0.15, 0.2) is 104 Å². The highest BCUT2D eigenvalue weighted by Crippen LogP contribution is 2.38. The van der Waals surface area contributed by atoms with Gasteiger partial charge in [-0.1, -0.05) is 29.4 Å². The van der Waals surface area contributed by atoms with E-state index in [0.717, 1.165) is 21.2 Å². The number of piperazine rings is 1.